The third-order valence-electron chi connectivity index (χ3n) is 3.22. The van der Waals surface area contributed by atoms with E-state index < -0.39 is 17.4 Å². The zero-order valence-electron chi connectivity index (χ0n) is 13.9. The molecule has 1 amide bonds. The first kappa shape index (κ1) is 19.9. The summed E-state index contributed by atoms with van der Waals surface area (Å²) in [6, 6.07) is 7.72. The topological polar surface area (TPSA) is 126 Å². The van der Waals surface area contributed by atoms with Crippen molar-refractivity contribution in [3.63, 3.8) is 0 Å². The van der Waals surface area contributed by atoms with Crippen molar-refractivity contribution in [2.75, 3.05) is 6.26 Å². The van der Waals surface area contributed by atoms with Crippen molar-refractivity contribution in [1.29, 1.82) is 10.5 Å². The van der Waals surface area contributed by atoms with E-state index in [2.05, 4.69) is 10.3 Å². The monoisotopic (exact) mass is 356 g/mol. The predicted octanol–water partition coefficient (Wildman–Crippen LogP) is 2.16. The summed E-state index contributed by atoms with van der Waals surface area (Å²) in [7, 11) is 0. The van der Waals surface area contributed by atoms with E-state index in [4.69, 9.17) is 10.5 Å². The molecule has 0 bridgehead atoms. The van der Waals surface area contributed by atoms with Gasteiger partial charge in [0.05, 0.1) is 28.3 Å². The van der Waals surface area contributed by atoms with E-state index in [9.17, 15) is 14.7 Å². The molecule has 0 aliphatic rings. The van der Waals surface area contributed by atoms with Crippen LogP contribution in [0.5, 0.6) is 0 Å². The van der Waals surface area contributed by atoms with Gasteiger partial charge in [-0.15, -0.1) is 11.8 Å². The third-order valence-corrected chi connectivity index (χ3v) is 4.05. The van der Waals surface area contributed by atoms with E-state index in [1.54, 1.807) is 13.2 Å². The molecule has 1 unspecified atom stereocenters. The van der Waals surface area contributed by atoms with Gasteiger partial charge in [0.2, 0.25) is 6.19 Å². The highest BCUT2D eigenvalue weighted by Crippen LogP contribution is 2.19. The van der Waals surface area contributed by atoms with Crippen LogP contribution < -0.4 is 5.32 Å². The lowest BCUT2D eigenvalue weighted by Gasteiger charge is -2.13. The van der Waals surface area contributed by atoms with Crippen molar-refractivity contribution in [1.82, 2.24) is 5.32 Å². The van der Waals surface area contributed by atoms with Crippen molar-refractivity contribution in [3.05, 3.63) is 41.0 Å². The molecule has 25 heavy (non-hydrogen) atoms. The SMILES string of the molecule is CSC(C)NC(=O)C(=O)/C(C(C)=NC#N)=C(\O)c1ccc(C#N)cc1. The van der Waals surface area contributed by atoms with Gasteiger partial charge < -0.3 is 10.4 Å². The molecule has 0 fully saturated rings. The fourth-order valence-electron chi connectivity index (χ4n) is 1.84. The van der Waals surface area contributed by atoms with E-state index in [1.807, 2.05) is 6.07 Å². The van der Waals surface area contributed by atoms with E-state index in [0.717, 1.165) is 0 Å². The van der Waals surface area contributed by atoms with Crippen LogP contribution in [-0.2, 0) is 9.59 Å². The van der Waals surface area contributed by atoms with E-state index in [0.29, 0.717) is 5.56 Å². The molecule has 2 N–H and O–H groups in total. The Bertz CT molecular complexity index is 814. The molecule has 0 heterocycles. The largest absolute Gasteiger partial charge is 0.506 e. The Balaban J connectivity index is 3.39. The van der Waals surface area contributed by atoms with Crippen LogP contribution in [0.4, 0.5) is 0 Å². The molecule has 0 radical (unpaired) electrons. The molecular weight excluding hydrogens is 340 g/mol. The van der Waals surface area contributed by atoms with Gasteiger partial charge in [-0.25, -0.2) is 0 Å². The second-order valence-electron chi connectivity index (χ2n) is 4.89. The van der Waals surface area contributed by atoms with Gasteiger partial charge in [-0.3, -0.25) is 9.59 Å². The number of nitrogens with zero attached hydrogens (tertiary/aromatic N) is 3. The smallest absolute Gasteiger partial charge is 0.293 e. The Hall–Kier alpha value is -3.10. The number of ketones is 1. The number of amides is 1. The molecule has 8 heteroatoms. The van der Waals surface area contributed by atoms with Gasteiger partial charge in [0, 0.05) is 5.56 Å². The maximum atomic E-state index is 12.5. The first-order valence-corrected chi connectivity index (χ1v) is 8.40. The van der Waals surface area contributed by atoms with Gasteiger partial charge in [0.25, 0.3) is 11.7 Å². The molecule has 0 aliphatic heterocycles. The van der Waals surface area contributed by atoms with E-state index in [-0.39, 0.29) is 22.2 Å². The van der Waals surface area contributed by atoms with Crippen molar-refractivity contribution in [3.8, 4) is 12.3 Å². The van der Waals surface area contributed by atoms with Crippen LogP contribution in [0, 0.1) is 22.8 Å². The second kappa shape index (κ2) is 9.26. The molecule has 0 aliphatic carbocycles. The number of carbonyl (C=O) groups excluding carboxylic acids is 2. The normalized spacial score (nSPS) is 13.1. The van der Waals surface area contributed by atoms with Crippen LogP contribution in [0.1, 0.15) is 25.0 Å². The standard InChI is InChI=1S/C17H16N4O3S/c1-10(20-9-19)14(16(23)17(24)21-11(2)25-3)15(22)13-6-4-12(8-18)5-7-13/h4-7,11,22H,1-3H3,(H,21,24)/b15-14-,20-10?. The summed E-state index contributed by atoms with van der Waals surface area (Å²) in [6.07, 6.45) is 3.30. The molecule has 7 nitrogen and oxygen atoms in total. The molecule has 0 aromatic heterocycles. The number of hydrogen-bond acceptors (Lipinski definition) is 7. The molecule has 1 rings (SSSR count). The summed E-state index contributed by atoms with van der Waals surface area (Å²) in [5.41, 5.74) is 0.150. The Morgan fingerprint density at radius 3 is 2.36 bits per heavy atom. The molecule has 0 saturated carbocycles. The molecule has 1 aromatic carbocycles. The fraction of sp³-hybridized carbons (Fsp3) is 0.235. The molecule has 0 spiro atoms. The quantitative estimate of drug-likeness (QED) is 0.201. The van der Waals surface area contributed by atoms with Crippen LogP contribution in [0.2, 0.25) is 0 Å². The predicted molar refractivity (Wildman–Crippen MR) is 95.6 cm³/mol. The number of aliphatic hydroxyl groups is 1. The van der Waals surface area contributed by atoms with Crippen LogP contribution >= 0.6 is 11.8 Å². The molecule has 1 atom stereocenters. The van der Waals surface area contributed by atoms with Gasteiger partial charge >= 0.3 is 0 Å². The fourth-order valence-corrected chi connectivity index (χ4v) is 2.07. The zero-order chi connectivity index (χ0) is 19.0. The third kappa shape index (κ3) is 5.20. The van der Waals surface area contributed by atoms with E-state index >= 15 is 0 Å². The number of nitriles is 2. The number of carbonyl (C=O) groups is 2. The van der Waals surface area contributed by atoms with Gasteiger partial charge in [-0.1, -0.05) is 0 Å². The average Bonchev–Trinajstić information content (AvgIpc) is 2.61. The van der Waals surface area contributed by atoms with Gasteiger partial charge in [0.1, 0.15) is 5.76 Å². The highest BCUT2D eigenvalue weighted by Gasteiger charge is 2.26. The number of nitrogens with one attached hydrogen (secondary N) is 1. The summed E-state index contributed by atoms with van der Waals surface area (Å²) < 4.78 is 0. The van der Waals surface area contributed by atoms with Crippen LogP contribution in [0.3, 0.4) is 0 Å². The first-order valence-electron chi connectivity index (χ1n) is 7.11. The number of Topliss-reactive ketones (excluding diaryl/α,β-unsaturated/α-hetero) is 1. The summed E-state index contributed by atoms with van der Waals surface area (Å²) in [5, 5.41) is 30.2. The maximum absolute atomic E-state index is 12.5. The summed E-state index contributed by atoms with van der Waals surface area (Å²) in [5.74, 6) is -2.40. The Kier molecular flexibility index (Phi) is 7.39. The van der Waals surface area contributed by atoms with E-state index in [1.165, 1.54) is 49.1 Å². The minimum Gasteiger partial charge on any atom is -0.506 e. The summed E-state index contributed by atoms with van der Waals surface area (Å²) >= 11 is 1.33. The Morgan fingerprint density at radius 1 is 1.28 bits per heavy atom. The van der Waals surface area contributed by atoms with Gasteiger partial charge in [-0.05, 0) is 44.4 Å². The van der Waals surface area contributed by atoms with Crippen LogP contribution in [-0.4, -0.2) is 34.1 Å². The lowest BCUT2D eigenvalue weighted by Crippen LogP contribution is -2.38. The highest BCUT2D eigenvalue weighted by atomic mass is 32.2. The number of hydrogen-bond donors (Lipinski definition) is 2. The Labute approximate surface area is 149 Å². The average molecular weight is 356 g/mol. The first-order chi connectivity index (χ1) is 11.8. The second-order valence-corrected chi connectivity index (χ2v) is 6.07. The van der Waals surface area contributed by atoms with Gasteiger partial charge in [-0.2, -0.15) is 15.5 Å². The number of thioether (sulfide) groups is 1. The molecule has 0 saturated heterocycles. The number of rotatable bonds is 6. The maximum Gasteiger partial charge on any atom is 0.293 e. The number of aliphatic hydroxyl groups excluding tert-OH is 1. The summed E-state index contributed by atoms with van der Waals surface area (Å²) in [6.45, 7) is 3.05. The minimum atomic E-state index is -1.00. The molecule has 1 aromatic rings. The molecule has 128 valence electrons. The zero-order valence-corrected chi connectivity index (χ0v) is 14.7. The summed E-state index contributed by atoms with van der Waals surface area (Å²) in [4.78, 5) is 28.0. The van der Waals surface area contributed by atoms with Crippen LogP contribution in [0.25, 0.3) is 5.76 Å². The lowest BCUT2D eigenvalue weighted by atomic mass is 9.99. The molecular formula is C17H16N4O3S. The Morgan fingerprint density at radius 2 is 1.88 bits per heavy atom. The van der Waals surface area contributed by atoms with Crippen molar-refractivity contribution in [2.24, 2.45) is 4.99 Å². The highest BCUT2D eigenvalue weighted by molar-refractivity contribution is 7.99. The number of aliphatic imine (C=N–C) groups is 1. The van der Waals surface area contributed by atoms with Crippen molar-refractivity contribution in [2.45, 2.75) is 19.2 Å². The van der Waals surface area contributed by atoms with Crippen molar-refractivity contribution < 1.29 is 14.7 Å². The lowest BCUT2D eigenvalue weighted by molar-refractivity contribution is -0.135. The van der Waals surface area contributed by atoms with Gasteiger partial charge in [0.15, 0.2) is 0 Å². The minimum absolute atomic E-state index is 0.0821. The number of benzene rings is 1. The van der Waals surface area contributed by atoms with Crippen LogP contribution in [0.15, 0.2) is 34.8 Å². The van der Waals surface area contributed by atoms with Crippen molar-refractivity contribution >= 4 is 34.9 Å².